The van der Waals surface area contributed by atoms with Crippen molar-refractivity contribution in [1.82, 2.24) is 4.57 Å². The summed E-state index contributed by atoms with van der Waals surface area (Å²) in [5.41, 5.74) is 6.77. The number of nitrogens with two attached hydrogens (primary N) is 1. The number of benzene rings is 1. The van der Waals surface area contributed by atoms with Crippen molar-refractivity contribution in [1.29, 1.82) is 0 Å². The zero-order valence-corrected chi connectivity index (χ0v) is 10.7. The maximum atomic E-state index is 11.8. The van der Waals surface area contributed by atoms with Crippen LogP contribution in [0.25, 0.3) is 11.1 Å². The average Bonchev–Trinajstić information content (AvgIpc) is 2.71. The number of rotatable bonds is 3. The Morgan fingerprint density at radius 3 is 2.89 bits per heavy atom. The van der Waals surface area contributed by atoms with Crippen molar-refractivity contribution in [3.63, 3.8) is 0 Å². The van der Waals surface area contributed by atoms with E-state index in [1.165, 1.54) is 16.5 Å². The Hall–Kier alpha value is -2.12. The van der Waals surface area contributed by atoms with Gasteiger partial charge in [0, 0.05) is 32.4 Å². The molecular formula is C12H15N3O4. The quantitative estimate of drug-likeness (QED) is 0.772. The zero-order valence-electron chi connectivity index (χ0n) is 10.7. The number of aliphatic hydroxyl groups is 1. The van der Waals surface area contributed by atoms with E-state index in [4.69, 9.17) is 10.2 Å². The van der Waals surface area contributed by atoms with Crippen LogP contribution in [0.2, 0.25) is 0 Å². The van der Waals surface area contributed by atoms with Crippen molar-refractivity contribution < 1.29 is 14.3 Å². The van der Waals surface area contributed by atoms with Gasteiger partial charge in [-0.2, -0.15) is 0 Å². The van der Waals surface area contributed by atoms with E-state index in [1.807, 2.05) is 0 Å². The first kappa shape index (κ1) is 13.3. The van der Waals surface area contributed by atoms with E-state index in [-0.39, 0.29) is 6.54 Å². The van der Waals surface area contributed by atoms with E-state index in [0.29, 0.717) is 16.8 Å². The molecule has 1 aromatic carbocycles. The molecule has 1 aromatic heterocycles. The summed E-state index contributed by atoms with van der Waals surface area (Å²) in [6.07, 6.45) is -1.25. The molecule has 0 radical (unpaired) electrons. The fourth-order valence-electron chi connectivity index (χ4n) is 1.78. The first-order valence-corrected chi connectivity index (χ1v) is 5.71. The summed E-state index contributed by atoms with van der Waals surface area (Å²) in [5, 5.41) is 9.43. The normalized spacial score (nSPS) is 12.6. The minimum absolute atomic E-state index is 0.147. The van der Waals surface area contributed by atoms with Crippen molar-refractivity contribution in [2.75, 3.05) is 18.5 Å². The molecule has 19 heavy (non-hydrogen) atoms. The Bertz CT molecular complexity index is 673. The van der Waals surface area contributed by atoms with Crippen LogP contribution in [0.1, 0.15) is 0 Å². The highest BCUT2D eigenvalue weighted by Crippen LogP contribution is 2.20. The molecule has 1 atom stereocenters. The molecule has 7 heteroatoms. The average molecular weight is 265 g/mol. The van der Waals surface area contributed by atoms with E-state index in [1.54, 1.807) is 25.2 Å². The number of likely N-dealkylation sites (N-methyl/N-ethyl adjacent to an activating group) is 1. The number of anilines is 1. The van der Waals surface area contributed by atoms with E-state index in [0.717, 1.165) is 0 Å². The van der Waals surface area contributed by atoms with Gasteiger partial charge in [0.25, 0.3) is 5.91 Å². The predicted octanol–water partition coefficient (Wildman–Crippen LogP) is -0.586. The van der Waals surface area contributed by atoms with Crippen LogP contribution in [0, 0.1) is 0 Å². The van der Waals surface area contributed by atoms with Gasteiger partial charge in [0.15, 0.2) is 5.58 Å². The Morgan fingerprint density at radius 2 is 2.26 bits per heavy atom. The molecule has 0 bridgehead atoms. The maximum Gasteiger partial charge on any atom is 0.419 e. The molecule has 0 aliphatic heterocycles. The molecule has 1 amide bonds. The number of hydrogen-bond donors (Lipinski definition) is 2. The fourth-order valence-corrected chi connectivity index (χ4v) is 1.78. The minimum Gasteiger partial charge on any atom is -0.408 e. The molecule has 2 aromatic rings. The van der Waals surface area contributed by atoms with Crippen LogP contribution in [-0.2, 0) is 11.8 Å². The number of oxazole rings is 1. The van der Waals surface area contributed by atoms with E-state index < -0.39 is 17.8 Å². The van der Waals surface area contributed by atoms with Gasteiger partial charge in [-0.15, -0.1) is 0 Å². The summed E-state index contributed by atoms with van der Waals surface area (Å²) < 4.78 is 6.41. The lowest BCUT2D eigenvalue weighted by molar-refractivity contribution is -0.125. The monoisotopic (exact) mass is 265 g/mol. The Kier molecular flexibility index (Phi) is 3.41. The van der Waals surface area contributed by atoms with Gasteiger partial charge in [0.1, 0.15) is 6.10 Å². The number of carbonyl (C=O) groups excluding carboxylic acids is 1. The minimum atomic E-state index is -1.25. The van der Waals surface area contributed by atoms with Gasteiger partial charge in [-0.25, -0.2) is 4.79 Å². The standard InChI is InChI=1S/C12H15N3O4/c1-14(11(17)9(16)6-13)7-3-4-8-10(5-7)19-12(18)15(8)2/h3-5,9,16H,6,13H2,1-2H3. The second kappa shape index (κ2) is 4.87. The van der Waals surface area contributed by atoms with Crippen LogP contribution >= 0.6 is 0 Å². The van der Waals surface area contributed by atoms with E-state index >= 15 is 0 Å². The number of amides is 1. The Labute approximate surface area is 108 Å². The Balaban J connectivity index is 2.41. The summed E-state index contributed by atoms with van der Waals surface area (Å²) in [6.45, 7) is -0.147. The highest BCUT2D eigenvalue weighted by Gasteiger charge is 2.19. The van der Waals surface area contributed by atoms with E-state index in [9.17, 15) is 14.7 Å². The van der Waals surface area contributed by atoms with Crippen LogP contribution in [0.4, 0.5) is 5.69 Å². The van der Waals surface area contributed by atoms with Crippen molar-refractivity contribution in [3.05, 3.63) is 28.7 Å². The largest absolute Gasteiger partial charge is 0.419 e. The second-order valence-corrected chi connectivity index (χ2v) is 4.23. The molecule has 0 saturated heterocycles. The van der Waals surface area contributed by atoms with Crippen molar-refractivity contribution in [2.45, 2.75) is 6.10 Å². The molecular weight excluding hydrogens is 250 g/mol. The topological polar surface area (TPSA) is 102 Å². The smallest absolute Gasteiger partial charge is 0.408 e. The van der Waals surface area contributed by atoms with Gasteiger partial charge in [-0.1, -0.05) is 0 Å². The van der Waals surface area contributed by atoms with Crippen LogP contribution in [0.3, 0.4) is 0 Å². The van der Waals surface area contributed by atoms with Gasteiger partial charge < -0.3 is 20.2 Å². The van der Waals surface area contributed by atoms with Gasteiger partial charge in [0.2, 0.25) is 0 Å². The SMILES string of the molecule is CN(C(=O)C(O)CN)c1ccc2c(c1)oc(=O)n2C. The fraction of sp³-hybridized carbons (Fsp3) is 0.333. The molecule has 1 unspecified atom stereocenters. The molecule has 0 fully saturated rings. The van der Waals surface area contributed by atoms with Gasteiger partial charge in [0.05, 0.1) is 5.52 Å². The lowest BCUT2D eigenvalue weighted by Crippen LogP contribution is -2.40. The predicted molar refractivity (Wildman–Crippen MR) is 69.9 cm³/mol. The van der Waals surface area contributed by atoms with Gasteiger partial charge in [-0.05, 0) is 12.1 Å². The number of fused-ring (bicyclic) bond motifs is 1. The van der Waals surface area contributed by atoms with Crippen molar-refractivity contribution in [2.24, 2.45) is 12.8 Å². The molecule has 0 saturated carbocycles. The first-order chi connectivity index (χ1) is 8.95. The molecule has 2 rings (SSSR count). The number of carbonyl (C=O) groups is 1. The number of aryl methyl sites for hydroxylation is 1. The summed E-state index contributed by atoms with van der Waals surface area (Å²) in [6, 6.07) is 4.91. The van der Waals surface area contributed by atoms with Crippen LogP contribution in [-0.4, -0.2) is 35.3 Å². The summed E-state index contributed by atoms with van der Waals surface area (Å²) >= 11 is 0. The molecule has 1 heterocycles. The van der Waals surface area contributed by atoms with Crippen LogP contribution in [0.5, 0.6) is 0 Å². The molecule has 0 aliphatic rings. The first-order valence-electron chi connectivity index (χ1n) is 5.71. The summed E-state index contributed by atoms with van der Waals surface area (Å²) in [4.78, 5) is 24.4. The van der Waals surface area contributed by atoms with Crippen molar-refractivity contribution >= 4 is 22.7 Å². The lowest BCUT2D eigenvalue weighted by Gasteiger charge is -2.19. The number of hydrogen-bond acceptors (Lipinski definition) is 5. The number of aromatic nitrogens is 1. The van der Waals surface area contributed by atoms with E-state index in [2.05, 4.69) is 0 Å². The zero-order chi connectivity index (χ0) is 14.2. The third-order valence-corrected chi connectivity index (χ3v) is 3.00. The Morgan fingerprint density at radius 1 is 1.58 bits per heavy atom. The van der Waals surface area contributed by atoms with Crippen molar-refractivity contribution in [3.8, 4) is 0 Å². The highest BCUT2D eigenvalue weighted by atomic mass is 16.4. The summed E-state index contributed by atoms with van der Waals surface area (Å²) in [7, 11) is 3.12. The van der Waals surface area contributed by atoms with Crippen LogP contribution in [0.15, 0.2) is 27.4 Å². The van der Waals surface area contributed by atoms with Crippen LogP contribution < -0.4 is 16.4 Å². The lowest BCUT2D eigenvalue weighted by atomic mass is 10.2. The maximum absolute atomic E-state index is 11.8. The highest BCUT2D eigenvalue weighted by molar-refractivity contribution is 5.97. The number of aliphatic hydroxyl groups excluding tert-OH is 1. The molecule has 0 aliphatic carbocycles. The third kappa shape index (κ3) is 2.25. The summed E-state index contributed by atoms with van der Waals surface area (Å²) in [5.74, 6) is -0.983. The molecule has 7 nitrogen and oxygen atoms in total. The second-order valence-electron chi connectivity index (χ2n) is 4.23. The number of nitrogens with zero attached hydrogens (tertiary/aromatic N) is 2. The third-order valence-electron chi connectivity index (χ3n) is 3.00. The molecule has 3 N–H and O–H groups in total. The molecule has 102 valence electrons. The molecule has 0 spiro atoms. The van der Waals surface area contributed by atoms with Gasteiger partial charge in [-0.3, -0.25) is 9.36 Å². The van der Waals surface area contributed by atoms with Gasteiger partial charge >= 0.3 is 5.76 Å².